The Morgan fingerprint density at radius 2 is 1.85 bits per heavy atom. The molecular formula is C30H36F2N6O2. The number of halogens is 2. The Bertz CT molecular complexity index is 1410. The summed E-state index contributed by atoms with van der Waals surface area (Å²) in [6.45, 7) is 6.98. The number of carbonyl (C=O) groups excluding carboxylic acids is 1. The van der Waals surface area contributed by atoms with Gasteiger partial charge in [-0.15, -0.1) is 0 Å². The van der Waals surface area contributed by atoms with Crippen LogP contribution < -0.4 is 15.0 Å². The molecule has 0 unspecified atom stereocenters. The third-order valence-electron chi connectivity index (χ3n) is 7.66. The van der Waals surface area contributed by atoms with E-state index in [1.54, 1.807) is 31.1 Å². The van der Waals surface area contributed by atoms with Crippen molar-refractivity contribution in [1.29, 1.82) is 0 Å². The molecule has 212 valence electrons. The van der Waals surface area contributed by atoms with Crippen molar-refractivity contribution < 1.29 is 18.3 Å². The summed E-state index contributed by atoms with van der Waals surface area (Å²) in [6.07, 6.45) is 3.04. The van der Waals surface area contributed by atoms with Crippen LogP contribution in [0.1, 0.15) is 48.5 Å². The molecule has 0 spiro atoms. The Labute approximate surface area is 234 Å². The standard InChI is InChI=1S/C30H36F2N6O2/c1-18(2)38-12-13-40-28-24(31)14-20(15-26(28)38)27-25(32)17-33-30(35-27)34-21-6-7-22(19-8-10-37(5)11-9-19)23(16-21)29(39)36(3)4/h6-7,14-19H,8-13H2,1-5H3,(H,33,34,35). The number of carbonyl (C=O) groups is 1. The van der Waals surface area contributed by atoms with Gasteiger partial charge in [-0.2, -0.15) is 0 Å². The van der Waals surface area contributed by atoms with Gasteiger partial charge in [-0.3, -0.25) is 4.79 Å². The second-order valence-corrected chi connectivity index (χ2v) is 11.0. The average molecular weight is 551 g/mol. The molecule has 2 aromatic carbocycles. The van der Waals surface area contributed by atoms with Crippen LogP contribution in [-0.4, -0.2) is 79.1 Å². The van der Waals surface area contributed by atoms with Gasteiger partial charge in [0.25, 0.3) is 5.91 Å². The molecular weight excluding hydrogens is 514 g/mol. The number of nitrogens with zero attached hydrogens (tertiary/aromatic N) is 5. The lowest BCUT2D eigenvalue weighted by Gasteiger charge is -2.34. The van der Waals surface area contributed by atoms with Crippen LogP contribution >= 0.6 is 0 Å². The van der Waals surface area contributed by atoms with Gasteiger partial charge in [0.05, 0.1) is 18.4 Å². The van der Waals surface area contributed by atoms with E-state index in [0.717, 1.165) is 37.7 Å². The van der Waals surface area contributed by atoms with Crippen molar-refractivity contribution in [3.63, 3.8) is 0 Å². The summed E-state index contributed by atoms with van der Waals surface area (Å²) < 4.78 is 35.6. The molecule has 1 N–H and O–H groups in total. The second kappa shape index (κ2) is 11.4. The van der Waals surface area contributed by atoms with Gasteiger partial charge in [0.2, 0.25) is 5.95 Å². The topological polar surface area (TPSA) is 73.8 Å². The maximum absolute atomic E-state index is 15.1. The number of anilines is 3. The highest BCUT2D eigenvalue weighted by Gasteiger charge is 2.27. The third kappa shape index (κ3) is 5.58. The molecule has 0 saturated carbocycles. The van der Waals surface area contributed by atoms with E-state index >= 15 is 4.39 Å². The number of hydrogen-bond donors (Lipinski definition) is 1. The fourth-order valence-electron chi connectivity index (χ4n) is 5.47. The Morgan fingerprint density at radius 3 is 2.55 bits per heavy atom. The van der Waals surface area contributed by atoms with Gasteiger partial charge in [-0.1, -0.05) is 6.07 Å². The van der Waals surface area contributed by atoms with Gasteiger partial charge < -0.3 is 24.8 Å². The molecule has 10 heteroatoms. The van der Waals surface area contributed by atoms with Crippen molar-refractivity contribution in [2.24, 2.45) is 0 Å². The quantitative estimate of drug-likeness (QED) is 0.448. The smallest absolute Gasteiger partial charge is 0.253 e. The summed E-state index contributed by atoms with van der Waals surface area (Å²) in [5, 5.41) is 3.12. The van der Waals surface area contributed by atoms with Crippen LogP contribution in [0.15, 0.2) is 36.5 Å². The lowest BCUT2D eigenvalue weighted by molar-refractivity contribution is 0.0825. The lowest BCUT2D eigenvalue weighted by Crippen LogP contribution is -2.38. The fourth-order valence-corrected chi connectivity index (χ4v) is 5.47. The van der Waals surface area contributed by atoms with Gasteiger partial charge in [-0.25, -0.2) is 18.7 Å². The molecule has 8 nitrogen and oxygen atoms in total. The number of benzene rings is 2. The van der Waals surface area contributed by atoms with Crippen molar-refractivity contribution >= 4 is 23.2 Å². The number of piperidine rings is 1. The number of rotatable bonds is 6. The van der Waals surface area contributed by atoms with E-state index in [9.17, 15) is 9.18 Å². The molecule has 3 aromatic rings. The van der Waals surface area contributed by atoms with E-state index in [2.05, 4.69) is 27.2 Å². The number of nitrogens with one attached hydrogen (secondary N) is 1. The van der Waals surface area contributed by atoms with E-state index < -0.39 is 11.6 Å². The van der Waals surface area contributed by atoms with Crippen molar-refractivity contribution in [2.75, 3.05) is 57.6 Å². The molecule has 1 aromatic heterocycles. The number of ether oxygens (including phenoxy) is 1. The summed E-state index contributed by atoms with van der Waals surface area (Å²) in [4.78, 5) is 27.6. The van der Waals surface area contributed by atoms with Crippen molar-refractivity contribution in [1.82, 2.24) is 19.8 Å². The van der Waals surface area contributed by atoms with Crippen LogP contribution in [0.2, 0.25) is 0 Å². The first-order valence-corrected chi connectivity index (χ1v) is 13.7. The van der Waals surface area contributed by atoms with Gasteiger partial charge in [0, 0.05) is 37.0 Å². The first-order chi connectivity index (χ1) is 19.1. The largest absolute Gasteiger partial charge is 0.486 e. The number of likely N-dealkylation sites (tertiary alicyclic amines) is 1. The molecule has 40 heavy (non-hydrogen) atoms. The molecule has 0 atom stereocenters. The summed E-state index contributed by atoms with van der Waals surface area (Å²) in [6, 6.07) is 8.74. The molecule has 1 saturated heterocycles. The SMILES string of the molecule is CC(C)N1CCOc2c(F)cc(-c3nc(Nc4ccc(C5CCN(C)CC5)c(C(=O)N(C)C)c4)ncc3F)cc21. The maximum Gasteiger partial charge on any atom is 0.253 e. The summed E-state index contributed by atoms with van der Waals surface area (Å²) in [7, 11) is 5.58. The minimum Gasteiger partial charge on any atom is -0.486 e. The molecule has 1 fully saturated rings. The van der Waals surface area contributed by atoms with Crippen molar-refractivity contribution in [3.05, 3.63) is 59.3 Å². The number of hydrogen-bond acceptors (Lipinski definition) is 7. The molecule has 2 aliphatic heterocycles. The van der Waals surface area contributed by atoms with Crippen LogP contribution in [0, 0.1) is 11.6 Å². The van der Waals surface area contributed by atoms with Gasteiger partial charge in [0.1, 0.15) is 12.3 Å². The van der Waals surface area contributed by atoms with Crippen molar-refractivity contribution in [2.45, 2.75) is 38.6 Å². The van der Waals surface area contributed by atoms with E-state index in [1.165, 1.54) is 6.07 Å². The van der Waals surface area contributed by atoms with E-state index in [-0.39, 0.29) is 34.9 Å². The molecule has 0 aliphatic carbocycles. The lowest BCUT2D eigenvalue weighted by atomic mass is 9.86. The highest BCUT2D eigenvalue weighted by atomic mass is 19.1. The Kier molecular flexibility index (Phi) is 7.89. The summed E-state index contributed by atoms with van der Waals surface area (Å²) in [5.74, 6) is -0.715. The predicted octanol–water partition coefficient (Wildman–Crippen LogP) is 5.28. The minimum absolute atomic E-state index is 0.0268. The van der Waals surface area contributed by atoms with Gasteiger partial charge in [-0.05, 0) is 82.6 Å². The highest BCUT2D eigenvalue weighted by Crippen LogP contribution is 2.39. The Hall–Kier alpha value is -3.79. The van der Waals surface area contributed by atoms with Crippen LogP contribution in [0.4, 0.5) is 26.1 Å². The molecule has 1 amide bonds. The molecule has 3 heterocycles. The predicted molar refractivity (Wildman–Crippen MR) is 153 cm³/mol. The number of aromatic nitrogens is 2. The van der Waals surface area contributed by atoms with Crippen LogP contribution in [0.5, 0.6) is 5.75 Å². The van der Waals surface area contributed by atoms with E-state index in [4.69, 9.17) is 4.74 Å². The molecule has 0 radical (unpaired) electrons. The van der Waals surface area contributed by atoms with Crippen LogP contribution in [0.25, 0.3) is 11.3 Å². The van der Waals surface area contributed by atoms with E-state index in [1.807, 2.05) is 30.9 Å². The number of amides is 1. The number of fused-ring (bicyclic) bond motifs is 1. The first-order valence-electron chi connectivity index (χ1n) is 13.7. The van der Waals surface area contributed by atoms with Crippen LogP contribution in [0.3, 0.4) is 0 Å². The summed E-state index contributed by atoms with van der Waals surface area (Å²) in [5.41, 5.74) is 3.09. The zero-order valence-corrected chi connectivity index (χ0v) is 23.7. The first kappa shape index (κ1) is 27.8. The second-order valence-electron chi connectivity index (χ2n) is 11.0. The monoisotopic (exact) mass is 550 g/mol. The Morgan fingerprint density at radius 1 is 1.10 bits per heavy atom. The summed E-state index contributed by atoms with van der Waals surface area (Å²) >= 11 is 0. The van der Waals surface area contributed by atoms with Gasteiger partial charge in [0.15, 0.2) is 17.4 Å². The third-order valence-corrected chi connectivity index (χ3v) is 7.66. The van der Waals surface area contributed by atoms with Crippen molar-refractivity contribution in [3.8, 4) is 17.0 Å². The normalized spacial score (nSPS) is 16.1. The Balaban J connectivity index is 1.47. The maximum atomic E-state index is 15.1. The van der Waals surface area contributed by atoms with E-state index in [0.29, 0.717) is 36.0 Å². The zero-order chi connectivity index (χ0) is 28.6. The van der Waals surface area contributed by atoms with Gasteiger partial charge >= 0.3 is 0 Å². The molecule has 0 bridgehead atoms. The highest BCUT2D eigenvalue weighted by molar-refractivity contribution is 5.96. The average Bonchev–Trinajstić information content (AvgIpc) is 2.93. The van der Waals surface area contributed by atoms with Crippen LogP contribution in [-0.2, 0) is 0 Å². The minimum atomic E-state index is -0.668. The molecule has 2 aliphatic rings. The molecule has 5 rings (SSSR count). The fraction of sp³-hybridized carbons (Fsp3) is 0.433. The zero-order valence-electron chi connectivity index (χ0n) is 23.7.